The fraction of sp³-hybridized carbons (Fsp3) is 0.587. The van der Waals surface area contributed by atoms with Gasteiger partial charge in [-0.2, -0.15) is 0 Å². The SMILES string of the molecule is CCC[B]OC1C[C@H]2OC[C@@]2(OC(C)=O)[C@H]2[C@H](OC(=O)c3ccccc3)[C@]3(O)CC(OC(=O)[C@H](O)[C@@H](NC(=O)OC(C)(C)C)c4ccccc4)C(C)=C([C@@H](O)C(=O)[C@]12C)C3(C)C. The third-order valence-electron chi connectivity index (χ3n) is 13.2. The second kappa shape index (κ2) is 17.5. The Labute approximate surface area is 363 Å². The van der Waals surface area contributed by atoms with Gasteiger partial charge < -0.3 is 49.0 Å². The number of carbonyl (C=O) groups is 5. The summed E-state index contributed by atoms with van der Waals surface area (Å²) >= 11 is 0. The molecule has 335 valence electrons. The number of ketones is 1. The van der Waals surface area contributed by atoms with Gasteiger partial charge in [-0.25, -0.2) is 14.4 Å². The summed E-state index contributed by atoms with van der Waals surface area (Å²) in [4.78, 5) is 70.1. The summed E-state index contributed by atoms with van der Waals surface area (Å²) in [6.07, 6.45) is -9.17. The minimum atomic E-state index is -2.31. The summed E-state index contributed by atoms with van der Waals surface area (Å²) < 4.78 is 36.5. The van der Waals surface area contributed by atoms with Gasteiger partial charge in [-0.3, -0.25) is 9.59 Å². The van der Waals surface area contributed by atoms with Crippen LogP contribution in [0.1, 0.15) is 104 Å². The lowest BCUT2D eigenvalue weighted by Gasteiger charge is -2.68. The molecule has 11 atom stereocenters. The van der Waals surface area contributed by atoms with Crippen molar-refractivity contribution >= 4 is 37.3 Å². The zero-order valence-electron chi connectivity index (χ0n) is 36.8. The van der Waals surface area contributed by atoms with Gasteiger partial charge in [0.05, 0.1) is 35.6 Å². The second-order valence-corrected chi connectivity index (χ2v) is 18.6. The first-order chi connectivity index (χ1) is 29.0. The molecule has 3 fully saturated rings. The second-order valence-electron chi connectivity index (χ2n) is 18.6. The van der Waals surface area contributed by atoms with Crippen LogP contribution in [0.2, 0.25) is 6.32 Å². The first-order valence-electron chi connectivity index (χ1n) is 21.2. The Morgan fingerprint density at radius 1 is 1.00 bits per heavy atom. The van der Waals surface area contributed by atoms with E-state index in [-0.39, 0.29) is 29.7 Å². The quantitative estimate of drug-likeness (QED) is 0.0747. The molecule has 1 aliphatic heterocycles. The fourth-order valence-electron chi connectivity index (χ4n) is 10.0. The monoisotopic (exact) mass is 860 g/mol. The molecule has 2 bridgehead atoms. The van der Waals surface area contributed by atoms with Gasteiger partial charge in [-0.1, -0.05) is 82.0 Å². The summed E-state index contributed by atoms with van der Waals surface area (Å²) in [7, 11) is 1.57. The molecule has 2 saturated carbocycles. The van der Waals surface area contributed by atoms with E-state index in [2.05, 4.69) is 5.32 Å². The summed E-state index contributed by atoms with van der Waals surface area (Å²) in [6, 6.07) is 14.9. The molecule has 0 spiro atoms. The van der Waals surface area contributed by atoms with Crippen LogP contribution < -0.4 is 5.32 Å². The molecule has 16 heteroatoms. The number of aliphatic hydroxyl groups is 3. The number of benzene rings is 2. The maximum atomic E-state index is 15.4. The highest BCUT2D eigenvalue weighted by atomic mass is 16.6. The highest BCUT2D eigenvalue weighted by molar-refractivity contribution is 6.27. The Balaban J connectivity index is 1.51. The van der Waals surface area contributed by atoms with Crippen LogP contribution in [0.3, 0.4) is 0 Å². The fourth-order valence-corrected chi connectivity index (χ4v) is 10.0. The number of fused-ring (bicyclic) bond motifs is 5. The van der Waals surface area contributed by atoms with Gasteiger partial charge in [0, 0.05) is 25.2 Å². The van der Waals surface area contributed by atoms with Gasteiger partial charge in [-0.05, 0) is 63.5 Å². The molecule has 2 aromatic carbocycles. The summed E-state index contributed by atoms with van der Waals surface area (Å²) in [6.45, 7) is 14.2. The molecule has 3 aliphatic carbocycles. The molecule has 1 saturated heterocycles. The molecule has 0 aromatic heterocycles. The maximum absolute atomic E-state index is 15.4. The third kappa shape index (κ3) is 8.32. The minimum Gasteiger partial charge on any atom is -0.456 e. The average Bonchev–Trinajstić information content (AvgIpc) is 3.20. The number of hydrogen-bond donors (Lipinski definition) is 4. The van der Waals surface area contributed by atoms with Crippen LogP contribution in [-0.4, -0.2) is 113 Å². The summed E-state index contributed by atoms with van der Waals surface area (Å²) in [5.41, 5.74) is -7.65. The van der Waals surface area contributed by atoms with E-state index >= 15 is 4.79 Å². The number of alkyl carbamates (subject to hydrolysis) is 1. The van der Waals surface area contributed by atoms with Crippen molar-refractivity contribution in [1.29, 1.82) is 0 Å². The number of rotatable bonds is 12. The maximum Gasteiger partial charge on any atom is 0.408 e. The van der Waals surface area contributed by atoms with Gasteiger partial charge in [0.15, 0.2) is 17.5 Å². The number of esters is 3. The molecule has 4 N–H and O–H groups in total. The molecule has 1 radical (unpaired) electrons. The van der Waals surface area contributed by atoms with Gasteiger partial charge in [0.25, 0.3) is 7.48 Å². The van der Waals surface area contributed by atoms with Crippen LogP contribution >= 0.6 is 0 Å². The Morgan fingerprint density at radius 3 is 2.19 bits per heavy atom. The van der Waals surface area contributed by atoms with Crippen LogP contribution in [0.15, 0.2) is 71.8 Å². The van der Waals surface area contributed by atoms with E-state index < -0.39 is 112 Å². The van der Waals surface area contributed by atoms with Crippen LogP contribution in [0.5, 0.6) is 0 Å². The van der Waals surface area contributed by atoms with E-state index in [1.165, 1.54) is 19.1 Å². The molecule has 2 aromatic rings. The third-order valence-corrected chi connectivity index (χ3v) is 13.2. The summed E-state index contributed by atoms with van der Waals surface area (Å²) in [5.74, 6) is -4.99. The molecule has 62 heavy (non-hydrogen) atoms. The largest absolute Gasteiger partial charge is 0.456 e. The first-order valence-corrected chi connectivity index (χ1v) is 21.2. The van der Waals surface area contributed by atoms with Gasteiger partial charge in [0.2, 0.25) is 0 Å². The zero-order chi connectivity index (χ0) is 45.6. The lowest BCUT2D eigenvalue weighted by molar-refractivity contribution is -0.344. The van der Waals surface area contributed by atoms with Crippen molar-refractivity contribution in [3.8, 4) is 0 Å². The molecular formula is C46H59BNO14. The number of nitrogens with one attached hydrogen (secondary N) is 1. The number of carbonyl (C=O) groups excluding carboxylic acids is 5. The van der Waals surface area contributed by atoms with Crippen molar-refractivity contribution in [3.63, 3.8) is 0 Å². The predicted octanol–water partition coefficient (Wildman–Crippen LogP) is 4.73. The molecule has 1 amide bonds. The summed E-state index contributed by atoms with van der Waals surface area (Å²) in [5, 5.41) is 40.4. The topological polar surface area (TPSA) is 213 Å². The van der Waals surface area contributed by atoms with Crippen molar-refractivity contribution in [2.75, 3.05) is 6.61 Å². The van der Waals surface area contributed by atoms with Gasteiger partial charge in [-0.15, -0.1) is 0 Å². The van der Waals surface area contributed by atoms with E-state index in [1.807, 2.05) is 6.92 Å². The van der Waals surface area contributed by atoms with Crippen molar-refractivity contribution in [2.45, 2.75) is 147 Å². The predicted molar refractivity (Wildman–Crippen MR) is 223 cm³/mol. The molecule has 1 heterocycles. The van der Waals surface area contributed by atoms with E-state index in [0.29, 0.717) is 11.9 Å². The molecule has 15 nitrogen and oxygen atoms in total. The molecule has 4 aliphatic rings. The number of ether oxygens (including phenoxy) is 5. The van der Waals surface area contributed by atoms with Crippen LogP contribution in [0, 0.1) is 16.7 Å². The van der Waals surface area contributed by atoms with Crippen molar-refractivity contribution in [1.82, 2.24) is 5.32 Å². The number of aliphatic hydroxyl groups excluding tert-OH is 2. The number of Topliss-reactive ketones (excluding diaryl/α,β-unsaturated/α-hetero) is 1. The highest BCUT2D eigenvalue weighted by Gasteiger charge is 2.78. The molecular weight excluding hydrogens is 801 g/mol. The van der Waals surface area contributed by atoms with E-state index in [1.54, 1.807) is 104 Å². The highest BCUT2D eigenvalue weighted by Crippen LogP contribution is 2.64. The molecule has 2 unspecified atom stereocenters. The van der Waals surface area contributed by atoms with Gasteiger partial charge in [0.1, 0.15) is 35.6 Å². The number of amides is 1. The standard InChI is InChI=1S/C46H59BNO14/c1-10-21-47-62-30-22-31-45(24-57-31,60-26(3)49)36-38(59-39(53)28-19-15-12-16-20-28)46(56)23-29(25(2)32(43(46,7)8)34(50)37(52)44(30,36)9)58-40(54)35(51)33(27-17-13-11-14-18-27)48-41(55)61-42(4,5)6/h11-20,29-31,33-36,38,50-51,56H,10,21-24H2,1-9H3,(H,48,55)/t29?,30?,31-,33+,34-,35-,36+,38+,44-,45+,46-/m1/s1. The minimum absolute atomic E-state index is 0.000251. The van der Waals surface area contributed by atoms with Crippen molar-refractivity contribution < 1.29 is 67.6 Å². The molecule has 6 rings (SSSR count). The Hall–Kier alpha value is -4.61. The number of hydrogen-bond acceptors (Lipinski definition) is 14. The van der Waals surface area contributed by atoms with E-state index in [0.717, 1.165) is 6.42 Å². The Bertz CT molecular complexity index is 2050. The lowest BCUT2D eigenvalue weighted by Crippen LogP contribution is -2.82. The smallest absolute Gasteiger partial charge is 0.408 e. The Kier molecular flexibility index (Phi) is 13.2. The average molecular weight is 861 g/mol. The van der Waals surface area contributed by atoms with E-state index in [4.69, 9.17) is 28.3 Å². The van der Waals surface area contributed by atoms with Crippen molar-refractivity contribution in [3.05, 3.63) is 82.9 Å². The van der Waals surface area contributed by atoms with Crippen LogP contribution in [-0.2, 0) is 42.7 Å². The lowest BCUT2D eigenvalue weighted by atomic mass is 9.44. The Morgan fingerprint density at radius 2 is 1.63 bits per heavy atom. The zero-order valence-corrected chi connectivity index (χ0v) is 36.8. The van der Waals surface area contributed by atoms with E-state index in [9.17, 15) is 34.5 Å². The van der Waals surface area contributed by atoms with Crippen molar-refractivity contribution in [2.24, 2.45) is 16.7 Å². The normalized spacial score (nSPS) is 32.2. The van der Waals surface area contributed by atoms with Gasteiger partial charge >= 0.3 is 24.0 Å². The first kappa shape index (κ1) is 46.9. The van der Waals surface area contributed by atoms with Crippen LogP contribution in [0.25, 0.3) is 0 Å². The van der Waals surface area contributed by atoms with Crippen LogP contribution in [0.4, 0.5) is 4.79 Å².